The molecule has 0 aromatic carbocycles. The second kappa shape index (κ2) is 11.3. The number of aromatic nitrogens is 5. The van der Waals surface area contributed by atoms with Gasteiger partial charge in [0, 0.05) is 49.6 Å². The summed E-state index contributed by atoms with van der Waals surface area (Å²) >= 11 is 0. The van der Waals surface area contributed by atoms with E-state index in [1.54, 1.807) is 17.8 Å². The van der Waals surface area contributed by atoms with Crippen LogP contribution in [0, 0.1) is 30.1 Å². The van der Waals surface area contributed by atoms with E-state index in [0.717, 1.165) is 68.5 Å². The number of rotatable bonds is 9. The van der Waals surface area contributed by atoms with Crippen LogP contribution in [-0.4, -0.2) is 73.8 Å². The number of ether oxygens (including phenoxy) is 2. The van der Waals surface area contributed by atoms with E-state index < -0.39 is 11.9 Å². The van der Waals surface area contributed by atoms with Crippen molar-refractivity contribution in [3.05, 3.63) is 59.6 Å². The Balaban J connectivity index is 1.26. The Hall–Kier alpha value is -4.21. The van der Waals surface area contributed by atoms with Crippen LogP contribution < -0.4 is 14.8 Å². The van der Waals surface area contributed by atoms with Crippen molar-refractivity contribution in [1.29, 1.82) is 5.26 Å². The van der Waals surface area contributed by atoms with Crippen LogP contribution in [-0.2, 0) is 13.0 Å². The maximum absolute atomic E-state index is 13.5. The molecule has 6 rings (SSSR count). The maximum Gasteiger partial charge on any atom is 0.176 e. The normalized spacial score (nSPS) is 19.6. The van der Waals surface area contributed by atoms with Gasteiger partial charge in [-0.1, -0.05) is 0 Å². The highest BCUT2D eigenvalue weighted by molar-refractivity contribution is 5.75. The Kier molecular flexibility index (Phi) is 7.47. The number of halogens is 1. The molecule has 0 radical (unpaired) electrons. The zero-order valence-electron chi connectivity index (χ0n) is 23.1. The van der Waals surface area contributed by atoms with Crippen LogP contribution >= 0.6 is 0 Å². The fourth-order valence-corrected chi connectivity index (χ4v) is 5.96. The van der Waals surface area contributed by atoms with Gasteiger partial charge in [0.05, 0.1) is 44.0 Å². The van der Waals surface area contributed by atoms with Crippen molar-refractivity contribution in [3.8, 4) is 28.9 Å². The van der Waals surface area contributed by atoms with Crippen molar-refractivity contribution in [2.24, 2.45) is 5.92 Å². The van der Waals surface area contributed by atoms with Crippen LogP contribution in [0.3, 0.4) is 0 Å². The van der Waals surface area contributed by atoms with E-state index in [4.69, 9.17) is 19.8 Å². The number of hydrogen-bond donors (Lipinski definition) is 2. The van der Waals surface area contributed by atoms with Gasteiger partial charge in [0.2, 0.25) is 0 Å². The lowest BCUT2D eigenvalue weighted by Gasteiger charge is -2.37. The Morgan fingerprint density at radius 3 is 2.80 bits per heavy atom. The van der Waals surface area contributed by atoms with Gasteiger partial charge in [-0.25, -0.2) is 8.91 Å². The third-order valence-electron chi connectivity index (χ3n) is 8.19. The summed E-state index contributed by atoms with van der Waals surface area (Å²) in [6.45, 7) is 5.48. The topological polar surface area (TPSA) is 126 Å². The molecule has 11 nitrogen and oxygen atoms in total. The summed E-state index contributed by atoms with van der Waals surface area (Å²) in [6, 6.07) is 5.00. The van der Waals surface area contributed by atoms with Crippen molar-refractivity contribution in [3.63, 3.8) is 0 Å². The Morgan fingerprint density at radius 1 is 1.22 bits per heavy atom. The summed E-state index contributed by atoms with van der Waals surface area (Å²) in [7, 11) is 1.56. The third-order valence-corrected chi connectivity index (χ3v) is 8.19. The molecule has 0 spiro atoms. The van der Waals surface area contributed by atoms with E-state index in [9.17, 15) is 9.50 Å². The molecule has 1 unspecified atom stereocenters. The number of fused-ring (bicyclic) bond motifs is 2. The van der Waals surface area contributed by atoms with Gasteiger partial charge in [0.15, 0.2) is 29.3 Å². The Morgan fingerprint density at radius 2 is 2.07 bits per heavy atom. The minimum Gasteiger partial charge on any atom is -0.493 e. The van der Waals surface area contributed by atoms with E-state index in [1.807, 2.05) is 12.3 Å². The van der Waals surface area contributed by atoms with Crippen LogP contribution in [0.2, 0.25) is 0 Å². The lowest BCUT2D eigenvalue weighted by Crippen LogP contribution is -2.44. The van der Waals surface area contributed by atoms with Gasteiger partial charge in [-0.3, -0.25) is 9.67 Å². The first-order valence-corrected chi connectivity index (χ1v) is 13.8. The largest absolute Gasteiger partial charge is 0.493 e. The average molecular weight is 561 g/mol. The molecule has 2 aliphatic rings. The molecule has 41 heavy (non-hydrogen) atoms. The second-order valence-corrected chi connectivity index (χ2v) is 10.8. The number of hydrogen-bond acceptors (Lipinski definition) is 9. The highest BCUT2D eigenvalue weighted by Crippen LogP contribution is 2.37. The smallest absolute Gasteiger partial charge is 0.176 e. The fourth-order valence-electron chi connectivity index (χ4n) is 5.96. The molecular weight excluding hydrogens is 527 g/mol. The van der Waals surface area contributed by atoms with E-state index in [1.165, 1.54) is 17.8 Å². The van der Waals surface area contributed by atoms with Crippen LogP contribution in [0.15, 0.2) is 36.8 Å². The number of methoxy groups -OCH3 is 1. The number of pyridine rings is 2. The summed E-state index contributed by atoms with van der Waals surface area (Å²) in [5, 5.41) is 31.3. The molecule has 0 amide bonds. The minimum atomic E-state index is -0.818. The van der Waals surface area contributed by atoms with Gasteiger partial charge >= 0.3 is 0 Å². The maximum atomic E-state index is 13.5. The molecule has 1 aliphatic heterocycles. The number of aliphatic hydroxyl groups excluding tert-OH is 1. The predicted octanol–water partition coefficient (Wildman–Crippen LogP) is 2.87. The molecule has 1 fully saturated rings. The average Bonchev–Trinajstić information content (AvgIpc) is 3.45. The molecule has 0 saturated heterocycles. The number of aliphatic hydroxyl groups is 1. The van der Waals surface area contributed by atoms with Crippen LogP contribution in [0.5, 0.6) is 11.5 Å². The Labute approximate surface area is 237 Å². The molecule has 4 aromatic heterocycles. The predicted molar refractivity (Wildman–Crippen MR) is 148 cm³/mol. The first-order valence-electron chi connectivity index (χ1n) is 13.8. The zero-order chi connectivity index (χ0) is 28.5. The van der Waals surface area contributed by atoms with Crippen molar-refractivity contribution < 1.29 is 19.0 Å². The molecule has 2 N–H and O–H groups in total. The molecular formula is C29H33FN8O3. The summed E-state index contributed by atoms with van der Waals surface area (Å²) in [4.78, 5) is 6.61. The molecule has 1 saturated carbocycles. The highest BCUT2D eigenvalue weighted by atomic mass is 19.1. The van der Waals surface area contributed by atoms with Crippen molar-refractivity contribution in [2.75, 3.05) is 33.4 Å². The van der Waals surface area contributed by atoms with E-state index in [-0.39, 0.29) is 6.61 Å². The minimum absolute atomic E-state index is 0.331. The third kappa shape index (κ3) is 5.30. The molecule has 1 aliphatic carbocycles. The molecule has 12 heteroatoms. The number of nitriles is 1. The fraction of sp³-hybridized carbons (Fsp3) is 0.448. The van der Waals surface area contributed by atoms with Crippen molar-refractivity contribution >= 4 is 5.52 Å². The standard InChI is InChI=1S/C29H33FN8O3/c1-18-24-5-6-36(14-19-9-22(10-19)33-17-31)7-8-37(24)35-28(18)20-11-25(29-26(40-2)13-34-38(29)15-20)41-27(16-39)23-4-3-21(30)12-32-23/h3-4,11-13,15,19,22,27,33,39H,5-10,14,16H2,1-2H3. The first kappa shape index (κ1) is 27.0. The lowest BCUT2D eigenvalue weighted by molar-refractivity contribution is 0.114. The molecule has 214 valence electrons. The monoisotopic (exact) mass is 560 g/mol. The number of nitrogens with one attached hydrogen (secondary N) is 1. The SMILES string of the molecule is COc1cnn2cc(-c3nn4c(c3C)CCN(CC3CC(NC#N)C3)CC4)cc(OC(CO)c3ccc(F)cn3)c12. The lowest BCUT2D eigenvalue weighted by atomic mass is 9.80. The summed E-state index contributed by atoms with van der Waals surface area (Å²) in [5.74, 6) is 1.14. The molecule has 5 heterocycles. The summed E-state index contributed by atoms with van der Waals surface area (Å²) in [6.07, 6.45) is 8.86. The van der Waals surface area contributed by atoms with E-state index >= 15 is 0 Å². The number of nitrogens with zero attached hydrogens (tertiary/aromatic N) is 7. The summed E-state index contributed by atoms with van der Waals surface area (Å²) in [5.41, 5.74) is 5.00. The quantitative estimate of drug-likeness (QED) is 0.235. The zero-order valence-corrected chi connectivity index (χ0v) is 23.1. The van der Waals surface area contributed by atoms with Crippen molar-refractivity contribution in [1.82, 2.24) is 34.6 Å². The van der Waals surface area contributed by atoms with Crippen LogP contribution in [0.25, 0.3) is 16.8 Å². The molecule has 1 atom stereocenters. The van der Waals surface area contributed by atoms with Crippen LogP contribution in [0.4, 0.5) is 4.39 Å². The molecule has 0 bridgehead atoms. The van der Waals surface area contributed by atoms with Gasteiger partial charge in [-0.15, -0.1) is 0 Å². The second-order valence-electron chi connectivity index (χ2n) is 10.8. The highest BCUT2D eigenvalue weighted by Gasteiger charge is 2.31. The van der Waals surface area contributed by atoms with Gasteiger partial charge < -0.3 is 24.8 Å². The Bertz CT molecular complexity index is 1570. The van der Waals surface area contributed by atoms with Gasteiger partial charge in [0.25, 0.3) is 0 Å². The van der Waals surface area contributed by atoms with Crippen molar-refractivity contribution in [2.45, 2.75) is 44.9 Å². The van der Waals surface area contributed by atoms with Gasteiger partial charge in [0.1, 0.15) is 5.82 Å². The molecule has 4 aromatic rings. The first-order chi connectivity index (χ1) is 20.0. The van der Waals surface area contributed by atoms with Gasteiger partial charge in [-0.2, -0.15) is 15.5 Å². The summed E-state index contributed by atoms with van der Waals surface area (Å²) < 4.78 is 29.1. The van der Waals surface area contributed by atoms with Crippen LogP contribution in [0.1, 0.15) is 35.9 Å². The van der Waals surface area contributed by atoms with E-state index in [2.05, 4.69) is 38.1 Å². The van der Waals surface area contributed by atoms with Gasteiger partial charge in [-0.05, 0) is 49.4 Å². The van der Waals surface area contributed by atoms with E-state index in [0.29, 0.717) is 34.7 Å².